The van der Waals surface area contributed by atoms with Crippen molar-refractivity contribution in [3.05, 3.63) is 11.6 Å². The van der Waals surface area contributed by atoms with E-state index in [1.54, 1.807) is 41.5 Å². The second-order valence-electron chi connectivity index (χ2n) is 9.46. The molecule has 1 heterocycles. The van der Waals surface area contributed by atoms with Crippen molar-refractivity contribution in [1.82, 2.24) is 10.4 Å². The van der Waals surface area contributed by atoms with Gasteiger partial charge in [0.05, 0.1) is 19.3 Å². The highest BCUT2D eigenvalue weighted by Gasteiger charge is 2.31. The third-order valence-electron chi connectivity index (χ3n) is 4.20. The average Bonchev–Trinajstić information content (AvgIpc) is 2.57. The van der Waals surface area contributed by atoms with Crippen LogP contribution in [0, 0.1) is 0 Å². The minimum atomic E-state index is -0.676. The largest absolute Gasteiger partial charge is 0.443 e. The van der Waals surface area contributed by atoms with Crippen molar-refractivity contribution in [2.45, 2.75) is 104 Å². The van der Waals surface area contributed by atoms with E-state index in [1.165, 1.54) is 10.6 Å². The Hall–Kier alpha value is -1.76. The van der Waals surface area contributed by atoms with E-state index in [0.29, 0.717) is 13.2 Å². The number of carbonyl (C=O) groups is 2. The summed E-state index contributed by atoms with van der Waals surface area (Å²) in [5.41, 5.74) is 2.53. The molecule has 1 N–H and O–H groups in total. The molecule has 168 valence electrons. The molecule has 1 unspecified atom stereocenters. The highest BCUT2D eigenvalue weighted by atomic mass is 16.6. The van der Waals surface area contributed by atoms with Gasteiger partial charge in [-0.25, -0.2) is 20.0 Å². The molecule has 0 aromatic rings. The molecule has 1 rings (SSSR count). The fourth-order valence-electron chi connectivity index (χ4n) is 2.94. The van der Waals surface area contributed by atoms with Gasteiger partial charge in [0.25, 0.3) is 0 Å². The molecule has 0 aromatic heterocycles. The first-order valence-corrected chi connectivity index (χ1v) is 10.7. The molecule has 0 aromatic carbocycles. The molecule has 0 saturated carbocycles. The van der Waals surface area contributed by atoms with E-state index in [1.807, 2.05) is 0 Å². The Labute approximate surface area is 176 Å². The van der Waals surface area contributed by atoms with Crippen LogP contribution in [0.5, 0.6) is 0 Å². The number of hydrogen-bond donors (Lipinski definition) is 1. The molecule has 1 aliphatic rings. The lowest BCUT2D eigenvalue weighted by Crippen LogP contribution is -2.54. The van der Waals surface area contributed by atoms with E-state index in [0.717, 1.165) is 38.5 Å². The quantitative estimate of drug-likeness (QED) is 0.361. The summed E-state index contributed by atoms with van der Waals surface area (Å²) < 4.78 is 16.4. The number of rotatable bonds is 6. The third kappa shape index (κ3) is 11.1. The number of carbonyl (C=O) groups excluding carboxylic acids is 2. The zero-order valence-electron chi connectivity index (χ0n) is 19.3. The van der Waals surface area contributed by atoms with Gasteiger partial charge in [-0.3, -0.25) is 0 Å². The van der Waals surface area contributed by atoms with Gasteiger partial charge in [-0.05, 0) is 60.8 Å². The first kappa shape index (κ1) is 25.3. The van der Waals surface area contributed by atoms with Crippen molar-refractivity contribution in [3.63, 3.8) is 0 Å². The average molecular weight is 413 g/mol. The molecule has 0 radical (unpaired) electrons. The fraction of sp³-hybridized carbons (Fsp3) is 0.818. The van der Waals surface area contributed by atoms with Crippen molar-refractivity contribution in [3.8, 4) is 0 Å². The molecular formula is C22H40N2O5. The van der Waals surface area contributed by atoms with E-state index in [2.05, 4.69) is 18.4 Å². The minimum absolute atomic E-state index is 0.308. The molecule has 1 aliphatic heterocycles. The van der Waals surface area contributed by atoms with Gasteiger partial charge >= 0.3 is 12.2 Å². The summed E-state index contributed by atoms with van der Waals surface area (Å²) in [4.78, 5) is 25.4. The van der Waals surface area contributed by atoms with E-state index in [4.69, 9.17) is 14.2 Å². The molecule has 1 atom stereocenters. The van der Waals surface area contributed by atoms with Crippen molar-refractivity contribution >= 4 is 12.2 Å². The molecular weight excluding hydrogens is 372 g/mol. The SMILES string of the molecule is CCCCCC(C=C1CCOCC1)N(NC(=O)OC(C)(C)C)C(=O)OC(C)(C)C. The van der Waals surface area contributed by atoms with E-state index in [9.17, 15) is 9.59 Å². The normalized spacial score (nSPS) is 16.0. The van der Waals surface area contributed by atoms with Crippen LogP contribution in [0.25, 0.3) is 0 Å². The van der Waals surface area contributed by atoms with Crippen LogP contribution in [-0.2, 0) is 14.2 Å². The first-order chi connectivity index (χ1) is 13.4. The van der Waals surface area contributed by atoms with Crippen LogP contribution in [-0.4, -0.2) is 47.7 Å². The summed E-state index contributed by atoms with van der Waals surface area (Å²) in [5, 5.41) is 1.29. The zero-order valence-corrected chi connectivity index (χ0v) is 19.3. The maximum atomic E-state index is 13.0. The molecule has 2 amide bonds. The van der Waals surface area contributed by atoms with Crippen LogP contribution in [0.15, 0.2) is 11.6 Å². The minimum Gasteiger partial charge on any atom is -0.443 e. The Morgan fingerprint density at radius 1 is 1.07 bits per heavy atom. The van der Waals surface area contributed by atoms with Crippen molar-refractivity contribution in [2.24, 2.45) is 0 Å². The van der Waals surface area contributed by atoms with E-state index in [-0.39, 0.29) is 6.04 Å². The molecule has 0 bridgehead atoms. The summed E-state index contributed by atoms with van der Waals surface area (Å²) in [6.07, 6.45) is 6.28. The maximum Gasteiger partial charge on any atom is 0.429 e. The second kappa shape index (κ2) is 11.4. The Morgan fingerprint density at radius 3 is 2.17 bits per heavy atom. The number of hydrazine groups is 1. The standard InChI is InChI=1S/C22H40N2O5/c1-8-9-10-11-18(16-17-12-14-27-15-13-17)24(20(26)29-22(5,6)7)23-19(25)28-21(2,3)4/h16,18H,8-15H2,1-7H3,(H,23,25). The van der Waals surface area contributed by atoms with Gasteiger partial charge in [0.1, 0.15) is 11.2 Å². The van der Waals surface area contributed by atoms with Gasteiger partial charge in [0.2, 0.25) is 0 Å². The molecule has 7 heteroatoms. The number of ether oxygens (including phenoxy) is 3. The van der Waals surface area contributed by atoms with Gasteiger partial charge < -0.3 is 14.2 Å². The van der Waals surface area contributed by atoms with Gasteiger partial charge in [-0.1, -0.05) is 37.8 Å². The van der Waals surface area contributed by atoms with Gasteiger partial charge in [-0.15, -0.1) is 0 Å². The molecule has 1 fully saturated rings. The molecule has 0 aliphatic carbocycles. The highest BCUT2D eigenvalue weighted by Crippen LogP contribution is 2.21. The highest BCUT2D eigenvalue weighted by molar-refractivity contribution is 5.75. The van der Waals surface area contributed by atoms with Crippen LogP contribution in [0.2, 0.25) is 0 Å². The number of unbranched alkanes of at least 4 members (excludes halogenated alkanes) is 2. The van der Waals surface area contributed by atoms with Crippen LogP contribution in [0.4, 0.5) is 9.59 Å². The molecule has 7 nitrogen and oxygen atoms in total. The summed E-state index contributed by atoms with van der Waals surface area (Å²) in [5.74, 6) is 0. The number of nitrogens with one attached hydrogen (secondary N) is 1. The molecule has 1 saturated heterocycles. The predicted octanol–water partition coefficient (Wildman–Crippen LogP) is 5.35. The fourth-order valence-corrected chi connectivity index (χ4v) is 2.94. The first-order valence-electron chi connectivity index (χ1n) is 10.7. The Balaban J connectivity index is 3.10. The lowest BCUT2D eigenvalue weighted by molar-refractivity contribution is -0.00601. The van der Waals surface area contributed by atoms with Gasteiger partial charge in [-0.2, -0.15) is 0 Å². The van der Waals surface area contributed by atoms with Crippen LogP contribution < -0.4 is 5.43 Å². The van der Waals surface area contributed by atoms with Crippen LogP contribution in [0.1, 0.15) is 87.0 Å². The predicted molar refractivity (Wildman–Crippen MR) is 114 cm³/mol. The monoisotopic (exact) mass is 412 g/mol. The summed E-state index contributed by atoms with van der Waals surface area (Å²) >= 11 is 0. The summed E-state index contributed by atoms with van der Waals surface area (Å²) in [6, 6.07) is -0.308. The Bertz CT molecular complexity index is 553. The summed E-state index contributed by atoms with van der Waals surface area (Å²) in [6.45, 7) is 14.3. The Kier molecular flexibility index (Phi) is 9.96. The number of amides is 2. The molecule has 29 heavy (non-hydrogen) atoms. The zero-order chi connectivity index (χ0) is 22.1. The third-order valence-corrected chi connectivity index (χ3v) is 4.20. The van der Waals surface area contributed by atoms with Crippen LogP contribution >= 0.6 is 0 Å². The number of hydrogen-bond acceptors (Lipinski definition) is 5. The number of nitrogens with zero attached hydrogens (tertiary/aromatic N) is 1. The summed E-state index contributed by atoms with van der Waals surface area (Å²) in [7, 11) is 0. The van der Waals surface area contributed by atoms with Crippen LogP contribution in [0.3, 0.4) is 0 Å². The topological polar surface area (TPSA) is 77.1 Å². The lowest BCUT2D eigenvalue weighted by atomic mass is 10.0. The second-order valence-corrected chi connectivity index (χ2v) is 9.46. The maximum absolute atomic E-state index is 13.0. The Morgan fingerprint density at radius 2 is 1.66 bits per heavy atom. The molecule has 0 spiro atoms. The van der Waals surface area contributed by atoms with E-state index >= 15 is 0 Å². The van der Waals surface area contributed by atoms with Gasteiger partial charge in [0.15, 0.2) is 0 Å². The van der Waals surface area contributed by atoms with Crippen molar-refractivity contribution < 1.29 is 23.8 Å². The van der Waals surface area contributed by atoms with E-state index < -0.39 is 23.4 Å². The lowest BCUT2D eigenvalue weighted by Gasteiger charge is -2.33. The van der Waals surface area contributed by atoms with Gasteiger partial charge in [0, 0.05) is 0 Å². The van der Waals surface area contributed by atoms with Crippen molar-refractivity contribution in [2.75, 3.05) is 13.2 Å². The van der Waals surface area contributed by atoms with Crippen molar-refractivity contribution in [1.29, 1.82) is 0 Å². The smallest absolute Gasteiger partial charge is 0.429 e.